The molecule has 0 unspecified atom stereocenters. The quantitative estimate of drug-likeness (QED) is 0.215. The molecule has 0 aliphatic carbocycles. The zero-order chi connectivity index (χ0) is 20.2. The average Bonchev–Trinajstić information content (AvgIpc) is 2.80. The predicted molar refractivity (Wildman–Crippen MR) is 128 cm³/mol. The van der Waals surface area contributed by atoms with Crippen LogP contribution in [0, 0.1) is 0 Å². The summed E-state index contributed by atoms with van der Waals surface area (Å²) in [6, 6.07) is 33.1. The zero-order valence-electron chi connectivity index (χ0n) is 18.0. The number of nitrogens with zero attached hydrogens (tertiary/aromatic N) is 1. The molecule has 0 N–H and O–H groups in total. The molecule has 0 aromatic heterocycles. The molecule has 29 heavy (non-hydrogen) atoms. The van der Waals surface area contributed by atoms with Gasteiger partial charge in [0.25, 0.3) is 0 Å². The fraction of sp³-hybridized carbons (Fsp3) is 0.357. The monoisotopic (exact) mass is 386 g/mol. The molecule has 0 aliphatic heterocycles. The summed E-state index contributed by atoms with van der Waals surface area (Å²) in [6.07, 6.45) is 10.8. The summed E-state index contributed by atoms with van der Waals surface area (Å²) >= 11 is 0. The van der Waals surface area contributed by atoms with Gasteiger partial charge in [0, 0.05) is 0 Å². The summed E-state index contributed by atoms with van der Waals surface area (Å²) in [5.74, 6) is 0. The van der Waals surface area contributed by atoms with Crippen molar-refractivity contribution in [2.24, 2.45) is 0 Å². The summed E-state index contributed by atoms with van der Waals surface area (Å²) in [7, 11) is 0. The number of para-hydroxylation sites is 3. The molecule has 152 valence electrons. The van der Waals surface area contributed by atoms with E-state index in [1.54, 1.807) is 0 Å². The summed E-state index contributed by atoms with van der Waals surface area (Å²) in [5, 5.41) is 0. The first-order chi connectivity index (χ1) is 14.4. The van der Waals surface area contributed by atoms with E-state index in [0.29, 0.717) is 0 Å². The molecular formula is C28H36N+. The molecule has 1 nitrogen and oxygen atoms in total. The molecule has 3 aromatic carbocycles. The van der Waals surface area contributed by atoms with Gasteiger partial charge in [-0.05, 0) is 49.2 Å². The van der Waals surface area contributed by atoms with Crippen LogP contribution in [0.5, 0.6) is 0 Å². The number of quaternary nitrogens is 1. The molecule has 0 saturated carbocycles. The van der Waals surface area contributed by atoms with Gasteiger partial charge in [-0.25, -0.2) is 4.48 Å². The molecule has 0 bridgehead atoms. The van der Waals surface area contributed by atoms with Crippen molar-refractivity contribution in [1.29, 1.82) is 0 Å². The Labute approximate surface area is 177 Å². The smallest absolute Gasteiger partial charge is 0.143 e. The average molecular weight is 387 g/mol. The van der Waals surface area contributed by atoms with Crippen LogP contribution in [0.15, 0.2) is 91.0 Å². The van der Waals surface area contributed by atoms with E-state index in [2.05, 4.69) is 97.9 Å². The van der Waals surface area contributed by atoms with E-state index in [1.165, 1.54) is 68.4 Å². The van der Waals surface area contributed by atoms with E-state index in [9.17, 15) is 0 Å². The fourth-order valence-electron chi connectivity index (χ4n) is 4.36. The fourth-order valence-corrected chi connectivity index (χ4v) is 4.36. The van der Waals surface area contributed by atoms with Crippen molar-refractivity contribution in [1.82, 2.24) is 4.48 Å². The van der Waals surface area contributed by atoms with Crippen LogP contribution in [-0.2, 0) is 0 Å². The van der Waals surface area contributed by atoms with E-state index in [1.807, 2.05) is 0 Å². The first-order valence-electron chi connectivity index (χ1n) is 11.4. The van der Waals surface area contributed by atoms with Crippen molar-refractivity contribution in [3.05, 3.63) is 91.0 Å². The van der Waals surface area contributed by atoms with Crippen LogP contribution in [0.2, 0.25) is 0 Å². The largest absolute Gasteiger partial charge is 0.227 e. The Kier molecular flexibility index (Phi) is 8.52. The Balaban J connectivity index is 1.83. The van der Waals surface area contributed by atoms with Crippen LogP contribution in [0.4, 0.5) is 17.1 Å². The van der Waals surface area contributed by atoms with E-state index >= 15 is 0 Å². The van der Waals surface area contributed by atoms with E-state index in [0.717, 1.165) is 11.0 Å². The zero-order valence-corrected chi connectivity index (χ0v) is 18.0. The lowest BCUT2D eigenvalue weighted by Crippen LogP contribution is -2.39. The standard InChI is InChI=1S/C28H36N/c1-2-3-4-5-6-7-8-18-25-29(26-19-12-9-13-20-26,27-21-14-10-15-22-27)28-23-16-11-17-24-28/h9-17,19-24H,2-8,18,25H2,1H3/q+1. The number of unbranched alkanes of at least 4 members (excludes halogenated alkanes) is 7. The molecule has 1 heteroatoms. The predicted octanol–water partition coefficient (Wildman–Crippen LogP) is 8.80. The maximum Gasteiger partial charge on any atom is 0.143 e. The Morgan fingerprint density at radius 3 is 1.17 bits per heavy atom. The Morgan fingerprint density at radius 2 is 0.793 bits per heavy atom. The normalized spacial score (nSPS) is 11.5. The molecule has 0 saturated heterocycles. The lowest BCUT2D eigenvalue weighted by molar-refractivity contribution is 0.473. The van der Waals surface area contributed by atoms with Gasteiger partial charge in [-0.3, -0.25) is 0 Å². The second kappa shape index (κ2) is 11.6. The number of rotatable bonds is 12. The molecule has 0 atom stereocenters. The topological polar surface area (TPSA) is 0 Å². The molecule has 0 fully saturated rings. The number of hydrogen-bond acceptors (Lipinski definition) is 0. The van der Waals surface area contributed by atoms with Crippen LogP contribution in [0.3, 0.4) is 0 Å². The molecule has 3 rings (SSSR count). The third-order valence-electron chi connectivity index (χ3n) is 5.94. The summed E-state index contributed by atoms with van der Waals surface area (Å²) in [5.41, 5.74) is 4.02. The molecule has 3 aromatic rings. The maximum atomic E-state index is 2.29. The molecule has 0 radical (unpaired) electrons. The van der Waals surface area contributed by atoms with Gasteiger partial charge < -0.3 is 0 Å². The van der Waals surface area contributed by atoms with Gasteiger partial charge in [0.2, 0.25) is 0 Å². The first kappa shape index (κ1) is 21.3. The number of hydrogen-bond donors (Lipinski definition) is 0. The summed E-state index contributed by atoms with van der Waals surface area (Å²) < 4.78 is 0.790. The minimum atomic E-state index is 0.790. The minimum absolute atomic E-state index is 0.790. The Hall–Kier alpha value is -2.38. The second-order valence-corrected chi connectivity index (χ2v) is 8.01. The van der Waals surface area contributed by atoms with Crippen molar-refractivity contribution in [2.75, 3.05) is 6.54 Å². The highest BCUT2D eigenvalue weighted by molar-refractivity contribution is 5.70. The van der Waals surface area contributed by atoms with Crippen LogP contribution in [-0.4, -0.2) is 6.54 Å². The van der Waals surface area contributed by atoms with Gasteiger partial charge in [-0.15, -0.1) is 0 Å². The molecule has 0 amide bonds. The highest BCUT2D eigenvalue weighted by Gasteiger charge is 2.35. The van der Waals surface area contributed by atoms with Gasteiger partial charge in [-0.2, -0.15) is 0 Å². The van der Waals surface area contributed by atoms with Gasteiger partial charge in [0.15, 0.2) is 0 Å². The maximum absolute atomic E-state index is 2.29. The molecule has 0 spiro atoms. The van der Waals surface area contributed by atoms with Crippen LogP contribution >= 0.6 is 0 Å². The third kappa shape index (κ3) is 5.58. The van der Waals surface area contributed by atoms with Gasteiger partial charge >= 0.3 is 0 Å². The van der Waals surface area contributed by atoms with Crippen LogP contribution in [0.1, 0.15) is 58.3 Å². The molecular weight excluding hydrogens is 350 g/mol. The molecule has 0 aliphatic rings. The molecule has 0 heterocycles. The Bertz CT molecular complexity index is 699. The highest BCUT2D eigenvalue weighted by Crippen LogP contribution is 2.43. The summed E-state index contributed by atoms with van der Waals surface area (Å²) in [6.45, 7) is 3.38. The van der Waals surface area contributed by atoms with E-state index in [-0.39, 0.29) is 0 Å². The van der Waals surface area contributed by atoms with Crippen LogP contribution < -0.4 is 4.48 Å². The van der Waals surface area contributed by atoms with Crippen molar-refractivity contribution in [3.8, 4) is 0 Å². The van der Waals surface area contributed by atoms with Crippen molar-refractivity contribution < 1.29 is 0 Å². The Morgan fingerprint density at radius 1 is 0.448 bits per heavy atom. The van der Waals surface area contributed by atoms with Crippen molar-refractivity contribution in [3.63, 3.8) is 0 Å². The summed E-state index contributed by atoms with van der Waals surface area (Å²) in [4.78, 5) is 0. The van der Waals surface area contributed by atoms with E-state index < -0.39 is 0 Å². The first-order valence-corrected chi connectivity index (χ1v) is 11.4. The minimum Gasteiger partial charge on any atom is -0.227 e. The van der Waals surface area contributed by atoms with E-state index in [4.69, 9.17) is 0 Å². The third-order valence-corrected chi connectivity index (χ3v) is 5.94. The van der Waals surface area contributed by atoms with Crippen LogP contribution in [0.25, 0.3) is 0 Å². The number of benzene rings is 3. The van der Waals surface area contributed by atoms with Crippen molar-refractivity contribution in [2.45, 2.75) is 58.3 Å². The second-order valence-electron chi connectivity index (χ2n) is 8.01. The lowest BCUT2D eigenvalue weighted by atomic mass is 10.0. The van der Waals surface area contributed by atoms with Gasteiger partial charge in [0.1, 0.15) is 17.1 Å². The SMILES string of the molecule is CCCCCCCCCC[N+](c1ccccc1)(c1ccccc1)c1ccccc1. The van der Waals surface area contributed by atoms with Gasteiger partial charge in [-0.1, -0.05) is 100 Å². The lowest BCUT2D eigenvalue weighted by Gasteiger charge is -2.37. The highest BCUT2D eigenvalue weighted by atomic mass is 15.4. The van der Waals surface area contributed by atoms with Crippen molar-refractivity contribution >= 4 is 17.1 Å². The van der Waals surface area contributed by atoms with Gasteiger partial charge in [0.05, 0.1) is 6.54 Å².